The normalized spacial score (nSPS) is 12.6. The molecule has 5 nitrogen and oxygen atoms in total. The first-order chi connectivity index (χ1) is 8.27. The highest BCUT2D eigenvalue weighted by Gasteiger charge is 2.21. The summed E-state index contributed by atoms with van der Waals surface area (Å²) in [6.45, 7) is 10.2. The second-order valence-corrected chi connectivity index (χ2v) is 5.38. The molecule has 0 radical (unpaired) electrons. The third-order valence-corrected chi connectivity index (χ3v) is 2.75. The Morgan fingerprint density at radius 3 is 2.11 bits per heavy atom. The van der Waals surface area contributed by atoms with Crippen LogP contribution in [0.1, 0.15) is 41.0 Å². The van der Waals surface area contributed by atoms with Crippen molar-refractivity contribution in [2.45, 2.75) is 47.1 Å². The van der Waals surface area contributed by atoms with E-state index in [4.69, 9.17) is 5.11 Å². The lowest BCUT2D eigenvalue weighted by Gasteiger charge is -2.27. The summed E-state index contributed by atoms with van der Waals surface area (Å²) < 4.78 is 0. The maximum Gasteiger partial charge on any atom is 0.323 e. The molecule has 0 aliphatic rings. The molecule has 0 aromatic heterocycles. The molecule has 1 unspecified atom stereocenters. The van der Waals surface area contributed by atoms with E-state index in [2.05, 4.69) is 5.32 Å². The molecule has 0 aliphatic heterocycles. The summed E-state index contributed by atoms with van der Waals surface area (Å²) in [6.07, 6.45) is 0.839. The Hall–Kier alpha value is -1.26. The predicted octanol–water partition coefficient (Wildman–Crippen LogP) is 2.17. The van der Waals surface area contributed by atoms with Crippen molar-refractivity contribution < 1.29 is 14.7 Å². The molecule has 0 heterocycles. The van der Waals surface area contributed by atoms with E-state index in [1.807, 2.05) is 34.6 Å². The van der Waals surface area contributed by atoms with Gasteiger partial charge in [-0.15, -0.1) is 0 Å². The molecule has 5 heteroatoms. The van der Waals surface area contributed by atoms with Crippen molar-refractivity contribution >= 4 is 12.0 Å². The molecule has 0 spiro atoms. The van der Waals surface area contributed by atoms with Crippen molar-refractivity contribution in [3.8, 4) is 0 Å². The van der Waals surface area contributed by atoms with E-state index in [-0.39, 0.29) is 24.5 Å². The lowest BCUT2D eigenvalue weighted by atomic mass is 10.0. The fourth-order valence-corrected chi connectivity index (χ4v) is 1.81. The van der Waals surface area contributed by atoms with Crippen LogP contribution in [0.5, 0.6) is 0 Å². The van der Waals surface area contributed by atoms with E-state index < -0.39 is 5.97 Å². The van der Waals surface area contributed by atoms with E-state index in [1.165, 1.54) is 4.90 Å². The van der Waals surface area contributed by atoms with Crippen LogP contribution in [-0.4, -0.2) is 41.1 Å². The zero-order valence-corrected chi connectivity index (χ0v) is 12.1. The number of carbonyl (C=O) groups is 2. The molecule has 0 fully saturated rings. The SMILES string of the molecule is CCC(NC(=O)N(CC(=O)O)CC(C)C)C(C)C. The number of carbonyl (C=O) groups excluding carboxylic acids is 1. The lowest BCUT2D eigenvalue weighted by molar-refractivity contribution is -0.137. The number of nitrogens with zero attached hydrogens (tertiary/aromatic N) is 1. The molecule has 0 bridgehead atoms. The van der Waals surface area contributed by atoms with Crippen molar-refractivity contribution in [2.75, 3.05) is 13.1 Å². The third kappa shape index (κ3) is 6.47. The summed E-state index contributed by atoms with van der Waals surface area (Å²) in [5.74, 6) is -0.401. The minimum atomic E-state index is -0.983. The average Bonchev–Trinajstić information content (AvgIpc) is 2.22. The van der Waals surface area contributed by atoms with Crippen LogP contribution in [0, 0.1) is 11.8 Å². The fourth-order valence-electron chi connectivity index (χ4n) is 1.81. The van der Waals surface area contributed by atoms with Gasteiger partial charge in [0.15, 0.2) is 0 Å². The van der Waals surface area contributed by atoms with Gasteiger partial charge in [-0.05, 0) is 18.3 Å². The van der Waals surface area contributed by atoms with Crippen LogP contribution in [-0.2, 0) is 4.79 Å². The van der Waals surface area contributed by atoms with E-state index in [0.717, 1.165) is 6.42 Å². The highest BCUT2D eigenvalue weighted by atomic mass is 16.4. The molecule has 0 aromatic rings. The Bertz CT molecular complexity index is 277. The molecule has 0 rings (SSSR count). The number of hydrogen-bond acceptors (Lipinski definition) is 2. The number of carboxylic acids is 1. The molecule has 0 saturated carbocycles. The Balaban J connectivity index is 4.58. The van der Waals surface area contributed by atoms with Crippen molar-refractivity contribution in [1.82, 2.24) is 10.2 Å². The van der Waals surface area contributed by atoms with E-state index in [9.17, 15) is 9.59 Å². The van der Waals surface area contributed by atoms with Gasteiger partial charge in [-0.3, -0.25) is 4.79 Å². The molecule has 18 heavy (non-hydrogen) atoms. The smallest absolute Gasteiger partial charge is 0.323 e. The fraction of sp³-hybridized carbons (Fsp3) is 0.846. The van der Waals surface area contributed by atoms with Crippen LogP contribution in [0.3, 0.4) is 0 Å². The third-order valence-electron chi connectivity index (χ3n) is 2.75. The largest absolute Gasteiger partial charge is 0.480 e. The topological polar surface area (TPSA) is 69.6 Å². The van der Waals surface area contributed by atoms with Gasteiger partial charge in [-0.1, -0.05) is 34.6 Å². The second kappa shape index (κ2) is 7.95. The van der Waals surface area contributed by atoms with E-state index in [1.54, 1.807) is 0 Å². The predicted molar refractivity (Wildman–Crippen MR) is 71.5 cm³/mol. The van der Waals surface area contributed by atoms with Gasteiger partial charge in [-0.2, -0.15) is 0 Å². The minimum Gasteiger partial charge on any atom is -0.480 e. The monoisotopic (exact) mass is 258 g/mol. The summed E-state index contributed by atoms with van der Waals surface area (Å²) >= 11 is 0. The molecule has 0 saturated heterocycles. The van der Waals surface area contributed by atoms with Crippen LogP contribution >= 0.6 is 0 Å². The van der Waals surface area contributed by atoms with Gasteiger partial charge in [-0.25, -0.2) is 4.79 Å². The Morgan fingerprint density at radius 1 is 1.22 bits per heavy atom. The summed E-state index contributed by atoms with van der Waals surface area (Å²) in [5, 5.41) is 11.7. The van der Waals surface area contributed by atoms with Gasteiger partial charge in [0.2, 0.25) is 0 Å². The van der Waals surface area contributed by atoms with Gasteiger partial charge in [0.1, 0.15) is 6.54 Å². The van der Waals surface area contributed by atoms with Crippen LogP contribution in [0.2, 0.25) is 0 Å². The standard InChI is InChI=1S/C13H26N2O3/c1-6-11(10(4)5)14-13(18)15(7-9(2)3)8-12(16)17/h9-11H,6-8H2,1-5H3,(H,14,18)(H,16,17). The quantitative estimate of drug-likeness (QED) is 0.735. The molecule has 0 aromatic carbocycles. The van der Waals surface area contributed by atoms with Gasteiger partial charge < -0.3 is 15.3 Å². The number of amides is 2. The first kappa shape index (κ1) is 16.7. The van der Waals surface area contributed by atoms with Crippen molar-refractivity contribution in [3.63, 3.8) is 0 Å². The Morgan fingerprint density at radius 2 is 1.78 bits per heavy atom. The van der Waals surface area contributed by atoms with Crippen LogP contribution in [0.25, 0.3) is 0 Å². The number of aliphatic carboxylic acids is 1. The van der Waals surface area contributed by atoms with Crippen molar-refractivity contribution in [3.05, 3.63) is 0 Å². The lowest BCUT2D eigenvalue weighted by Crippen LogP contribution is -2.49. The van der Waals surface area contributed by atoms with Gasteiger partial charge >= 0.3 is 12.0 Å². The van der Waals surface area contributed by atoms with Crippen LogP contribution in [0.4, 0.5) is 4.79 Å². The highest BCUT2D eigenvalue weighted by Crippen LogP contribution is 2.07. The maximum absolute atomic E-state index is 12.0. The number of carboxylic acid groups (broad SMARTS) is 1. The van der Waals surface area contributed by atoms with Gasteiger partial charge in [0, 0.05) is 12.6 Å². The van der Waals surface area contributed by atoms with E-state index >= 15 is 0 Å². The first-order valence-corrected chi connectivity index (χ1v) is 6.55. The molecular formula is C13H26N2O3. The highest BCUT2D eigenvalue weighted by molar-refractivity contribution is 5.80. The molecule has 2 N–H and O–H groups in total. The number of rotatable bonds is 7. The average molecular weight is 258 g/mol. The summed E-state index contributed by atoms with van der Waals surface area (Å²) in [4.78, 5) is 24.2. The number of nitrogens with one attached hydrogen (secondary N) is 1. The first-order valence-electron chi connectivity index (χ1n) is 6.55. The summed E-state index contributed by atoms with van der Waals surface area (Å²) in [6, 6.07) is -0.201. The van der Waals surface area contributed by atoms with Crippen LogP contribution in [0.15, 0.2) is 0 Å². The second-order valence-electron chi connectivity index (χ2n) is 5.38. The van der Waals surface area contributed by atoms with E-state index in [0.29, 0.717) is 12.5 Å². The van der Waals surface area contributed by atoms with Crippen molar-refractivity contribution in [2.24, 2.45) is 11.8 Å². The maximum atomic E-state index is 12.0. The molecule has 106 valence electrons. The van der Waals surface area contributed by atoms with Crippen LogP contribution < -0.4 is 5.32 Å². The molecular weight excluding hydrogens is 232 g/mol. The minimum absolute atomic E-state index is 0.0842. The molecule has 1 atom stereocenters. The van der Waals surface area contributed by atoms with Gasteiger partial charge in [0.25, 0.3) is 0 Å². The Labute approximate surface area is 110 Å². The zero-order chi connectivity index (χ0) is 14.3. The zero-order valence-electron chi connectivity index (χ0n) is 12.1. The van der Waals surface area contributed by atoms with Crippen molar-refractivity contribution in [1.29, 1.82) is 0 Å². The Kier molecular flexibility index (Phi) is 7.39. The summed E-state index contributed by atoms with van der Waals surface area (Å²) in [7, 11) is 0. The van der Waals surface area contributed by atoms with Gasteiger partial charge in [0.05, 0.1) is 0 Å². The number of hydrogen-bond donors (Lipinski definition) is 2. The number of urea groups is 1. The molecule has 2 amide bonds. The summed E-state index contributed by atoms with van der Waals surface area (Å²) in [5.41, 5.74) is 0. The molecule has 0 aliphatic carbocycles.